The quantitative estimate of drug-likeness (QED) is 0.770. The van der Waals surface area contributed by atoms with Crippen molar-refractivity contribution in [1.29, 1.82) is 0 Å². The van der Waals surface area contributed by atoms with Crippen molar-refractivity contribution >= 4 is 5.91 Å². The summed E-state index contributed by atoms with van der Waals surface area (Å²) in [7, 11) is 3.81. The first kappa shape index (κ1) is 16.6. The van der Waals surface area contributed by atoms with Crippen LogP contribution in [0.1, 0.15) is 33.4 Å². The van der Waals surface area contributed by atoms with Crippen LogP contribution in [-0.4, -0.2) is 48.2 Å². The molecule has 0 radical (unpaired) electrons. The highest BCUT2D eigenvalue weighted by Crippen LogP contribution is 2.19. The number of hydrogen-bond donors (Lipinski definition) is 3. The number of fused-ring (bicyclic) bond motifs is 1. The van der Waals surface area contributed by atoms with Crippen molar-refractivity contribution in [3.05, 3.63) is 52.6 Å². The van der Waals surface area contributed by atoms with Gasteiger partial charge < -0.3 is 15.5 Å². The molecule has 6 nitrogen and oxygen atoms in total. The van der Waals surface area contributed by atoms with Crippen molar-refractivity contribution in [2.24, 2.45) is 0 Å². The number of carbonyl (C=O) groups excluding carboxylic acids is 1. The number of carbonyl (C=O) groups is 1. The number of H-pyrrole nitrogens is 1. The van der Waals surface area contributed by atoms with Crippen molar-refractivity contribution in [3.8, 4) is 0 Å². The van der Waals surface area contributed by atoms with Gasteiger partial charge in [0.2, 0.25) is 0 Å². The molecule has 128 valence electrons. The maximum Gasteiger partial charge on any atom is 0.272 e. The minimum atomic E-state index is -0.280. The number of rotatable bonds is 5. The number of amides is 1. The molecule has 2 heterocycles. The van der Waals surface area contributed by atoms with Gasteiger partial charge >= 0.3 is 0 Å². The van der Waals surface area contributed by atoms with E-state index in [-0.39, 0.29) is 17.8 Å². The first-order chi connectivity index (χ1) is 11.6. The van der Waals surface area contributed by atoms with Crippen LogP contribution >= 0.6 is 0 Å². The van der Waals surface area contributed by atoms with E-state index in [0.29, 0.717) is 18.8 Å². The second kappa shape index (κ2) is 7.11. The van der Waals surface area contributed by atoms with Gasteiger partial charge in [-0.1, -0.05) is 12.1 Å². The molecule has 3 rings (SSSR count). The predicted octanol–water partition coefficient (Wildman–Crippen LogP) is 1.23. The van der Waals surface area contributed by atoms with Crippen LogP contribution in [0.25, 0.3) is 0 Å². The number of likely N-dealkylation sites (N-methyl/N-ethyl adjacent to an activating group) is 1. The normalized spacial score (nSPS) is 15.2. The van der Waals surface area contributed by atoms with Crippen molar-refractivity contribution in [3.63, 3.8) is 0 Å². The first-order valence-electron chi connectivity index (χ1n) is 8.03. The van der Waals surface area contributed by atoms with E-state index in [9.17, 15) is 9.18 Å². The van der Waals surface area contributed by atoms with Crippen LogP contribution in [0.3, 0.4) is 0 Å². The van der Waals surface area contributed by atoms with Gasteiger partial charge in [0, 0.05) is 37.3 Å². The van der Waals surface area contributed by atoms with Gasteiger partial charge in [-0.3, -0.25) is 9.89 Å². The molecule has 1 aliphatic rings. The molecule has 24 heavy (non-hydrogen) atoms. The third kappa shape index (κ3) is 3.47. The second-order valence-corrected chi connectivity index (χ2v) is 6.20. The van der Waals surface area contributed by atoms with E-state index in [2.05, 4.69) is 20.8 Å². The van der Waals surface area contributed by atoms with Gasteiger partial charge in [-0.2, -0.15) is 5.10 Å². The second-order valence-electron chi connectivity index (χ2n) is 6.20. The molecule has 0 aliphatic carbocycles. The van der Waals surface area contributed by atoms with Gasteiger partial charge in [0.25, 0.3) is 5.91 Å². The maximum atomic E-state index is 13.5. The fourth-order valence-electron chi connectivity index (χ4n) is 3.00. The molecular weight excluding hydrogens is 309 g/mol. The summed E-state index contributed by atoms with van der Waals surface area (Å²) in [6, 6.07) is 6.34. The Morgan fingerprint density at radius 2 is 2.29 bits per heavy atom. The minimum absolute atomic E-state index is 0.113. The summed E-state index contributed by atoms with van der Waals surface area (Å²) in [5.74, 6) is -0.488. The molecule has 3 N–H and O–H groups in total. The van der Waals surface area contributed by atoms with Crippen LogP contribution in [-0.2, 0) is 13.0 Å². The minimum Gasteiger partial charge on any atom is -0.349 e. The van der Waals surface area contributed by atoms with E-state index >= 15 is 0 Å². The number of nitrogens with zero attached hydrogens (tertiary/aromatic N) is 2. The zero-order chi connectivity index (χ0) is 17.1. The largest absolute Gasteiger partial charge is 0.349 e. The number of nitrogens with one attached hydrogen (secondary N) is 3. The highest BCUT2D eigenvalue weighted by atomic mass is 19.1. The number of aromatic amines is 1. The third-order valence-electron chi connectivity index (χ3n) is 4.33. The number of benzene rings is 1. The van der Waals surface area contributed by atoms with E-state index < -0.39 is 0 Å². The summed E-state index contributed by atoms with van der Waals surface area (Å²) in [5, 5.41) is 13.3. The molecule has 1 aromatic heterocycles. The third-order valence-corrected chi connectivity index (χ3v) is 4.33. The Kier molecular flexibility index (Phi) is 4.92. The van der Waals surface area contributed by atoms with Gasteiger partial charge in [-0.05, 0) is 31.8 Å². The van der Waals surface area contributed by atoms with Crippen LogP contribution in [0.5, 0.6) is 0 Å². The zero-order valence-corrected chi connectivity index (χ0v) is 13.9. The number of aromatic nitrogens is 2. The monoisotopic (exact) mass is 331 g/mol. The SMILES string of the molecule is CN(C)C(CNC(=O)c1n[nH]c2c1CNCC2)c1cccc(F)c1. The van der Waals surface area contributed by atoms with Crippen LogP contribution in [0.2, 0.25) is 0 Å². The zero-order valence-electron chi connectivity index (χ0n) is 13.9. The van der Waals surface area contributed by atoms with Gasteiger partial charge in [0.15, 0.2) is 5.69 Å². The molecule has 0 spiro atoms. The fraction of sp³-hybridized carbons (Fsp3) is 0.412. The lowest BCUT2D eigenvalue weighted by Crippen LogP contribution is -2.35. The molecule has 1 aromatic carbocycles. The van der Waals surface area contributed by atoms with Gasteiger partial charge in [0.1, 0.15) is 5.82 Å². The molecule has 1 unspecified atom stereocenters. The van der Waals surface area contributed by atoms with Gasteiger partial charge in [-0.25, -0.2) is 4.39 Å². The van der Waals surface area contributed by atoms with Gasteiger partial charge in [0.05, 0.1) is 6.04 Å². The maximum absolute atomic E-state index is 13.5. The summed E-state index contributed by atoms with van der Waals surface area (Å²) in [6.45, 7) is 1.92. The Labute approximate surface area is 140 Å². The molecule has 1 atom stereocenters. The Morgan fingerprint density at radius 3 is 3.04 bits per heavy atom. The lowest BCUT2D eigenvalue weighted by molar-refractivity contribution is 0.0935. The van der Waals surface area contributed by atoms with Crippen LogP contribution in [0, 0.1) is 5.82 Å². The predicted molar refractivity (Wildman–Crippen MR) is 89.2 cm³/mol. The Morgan fingerprint density at radius 1 is 1.46 bits per heavy atom. The average molecular weight is 331 g/mol. The Bertz CT molecular complexity index is 728. The van der Waals surface area contributed by atoms with Crippen molar-refractivity contribution < 1.29 is 9.18 Å². The standard InChI is InChI=1S/C17H22FN5O/c1-23(2)15(11-4-3-5-12(18)8-11)10-20-17(24)16-13-9-19-7-6-14(13)21-22-16/h3-5,8,15,19H,6-7,9-10H2,1-2H3,(H,20,24)(H,21,22). The number of halogens is 1. The van der Waals surface area contributed by atoms with E-state index in [1.54, 1.807) is 6.07 Å². The number of hydrogen-bond acceptors (Lipinski definition) is 4. The average Bonchev–Trinajstić information content (AvgIpc) is 2.99. The molecule has 0 saturated heterocycles. The molecule has 0 bridgehead atoms. The lowest BCUT2D eigenvalue weighted by Gasteiger charge is -2.25. The summed E-state index contributed by atoms with van der Waals surface area (Å²) >= 11 is 0. The molecule has 1 amide bonds. The molecule has 0 fully saturated rings. The Hall–Kier alpha value is -2.25. The highest BCUT2D eigenvalue weighted by Gasteiger charge is 2.23. The lowest BCUT2D eigenvalue weighted by atomic mass is 10.0. The van der Waals surface area contributed by atoms with E-state index in [0.717, 1.165) is 29.8 Å². The highest BCUT2D eigenvalue weighted by molar-refractivity contribution is 5.94. The van der Waals surface area contributed by atoms with Crippen LogP contribution in [0.4, 0.5) is 4.39 Å². The van der Waals surface area contributed by atoms with Crippen molar-refractivity contribution in [2.75, 3.05) is 27.2 Å². The summed E-state index contributed by atoms with van der Waals surface area (Å²) in [4.78, 5) is 14.4. The molecule has 1 aliphatic heterocycles. The van der Waals surface area contributed by atoms with Crippen LogP contribution < -0.4 is 10.6 Å². The van der Waals surface area contributed by atoms with E-state index in [1.165, 1.54) is 12.1 Å². The van der Waals surface area contributed by atoms with Crippen molar-refractivity contribution in [2.45, 2.75) is 19.0 Å². The smallest absolute Gasteiger partial charge is 0.272 e. The summed E-state index contributed by atoms with van der Waals surface area (Å²) in [5.41, 5.74) is 3.22. The molecule has 2 aromatic rings. The topological polar surface area (TPSA) is 73.0 Å². The first-order valence-corrected chi connectivity index (χ1v) is 8.03. The fourth-order valence-corrected chi connectivity index (χ4v) is 3.00. The van der Waals surface area contributed by atoms with Crippen molar-refractivity contribution in [1.82, 2.24) is 25.7 Å². The van der Waals surface area contributed by atoms with E-state index in [1.807, 2.05) is 25.1 Å². The van der Waals surface area contributed by atoms with E-state index in [4.69, 9.17) is 0 Å². The van der Waals surface area contributed by atoms with Gasteiger partial charge in [-0.15, -0.1) is 0 Å². The summed E-state index contributed by atoms with van der Waals surface area (Å²) < 4.78 is 13.5. The molecule has 7 heteroatoms. The summed E-state index contributed by atoms with van der Waals surface area (Å²) in [6.07, 6.45) is 0.846. The van der Waals surface area contributed by atoms with Crippen LogP contribution in [0.15, 0.2) is 24.3 Å². The molecular formula is C17H22FN5O. The Balaban J connectivity index is 1.71. The molecule has 0 saturated carbocycles.